The molecule has 0 spiro atoms. The standard InChI is InChI=1S/C21H19BrF2N2O3S/c1-26(11-13-6-7-17(28-2)18(8-13)29-21(23)24)19(27)10-16-12-30-20(25-16)14-4-3-5-15(22)9-14/h3-9,12,21H,10-11H2,1-2H3. The molecule has 158 valence electrons. The number of hydrogen-bond donors (Lipinski definition) is 0. The van der Waals surface area contributed by atoms with Crippen molar-refractivity contribution in [3.05, 3.63) is 63.6 Å². The number of thiazole rings is 1. The summed E-state index contributed by atoms with van der Waals surface area (Å²) in [5, 5.41) is 2.70. The van der Waals surface area contributed by atoms with Crippen LogP contribution in [0.2, 0.25) is 0 Å². The van der Waals surface area contributed by atoms with Crippen LogP contribution >= 0.6 is 27.3 Å². The van der Waals surface area contributed by atoms with Crippen molar-refractivity contribution in [3.63, 3.8) is 0 Å². The van der Waals surface area contributed by atoms with Crippen LogP contribution in [0, 0.1) is 0 Å². The number of ether oxygens (including phenoxy) is 2. The van der Waals surface area contributed by atoms with E-state index in [0.717, 1.165) is 15.0 Å². The lowest BCUT2D eigenvalue weighted by molar-refractivity contribution is -0.129. The molecule has 1 amide bonds. The second-order valence-corrected chi connectivity index (χ2v) is 8.22. The molecule has 30 heavy (non-hydrogen) atoms. The summed E-state index contributed by atoms with van der Waals surface area (Å²) in [4.78, 5) is 18.7. The minimum Gasteiger partial charge on any atom is -0.493 e. The minimum absolute atomic E-state index is 0.0657. The zero-order chi connectivity index (χ0) is 21.7. The fraction of sp³-hybridized carbons (Fsp3) is 0.238. The Bertz CT molecular complexity index is 1030. The third kappa shape index (κ3) is 5.76. The number of likely N-dealkylation sites (N-methyl/N-ethyl adjacent to an activating group) is 1. The summed E-state index contributed by atoms with van der Waals surface area (Å²) in [5.41, 5.74) is 2.31. The maximum absolute atomic E-state index is 12.6. The molecular weight excluding hydrogens is 478 g/mol. The first-order valence-corrected chi connectivity index (χ1v) is 10.6. The van der Waals surface area contributed by atoms with Crippen molar-refractivity contribution in [3.8, 4) is 22.1 Å². The van der Waals surface area contributed by atoms with Crippen molar-refractivity contribution < 1.29 is 23.0 Å². The zero-order valence-corrected chi connectivity index (χ0v) is 18.7. The van der Waals surface area contributed by atoms with Crippen LogP contribution in [0.3, 0.4) is 0 Å². The van der Waals surface area contributed by atoms with Crippen LogP contribution in [-0.4, -0.2) is 36.6 Å². The highest BCUT2D eigenvalue weighted by Gasteiger charge is 2.16. The highest BCUT2D eigenvalue weighted by Crippen LogP contribution is 2.30. The average Bonchev–Trinajstić information content (AvgIpc) is 3.16. The van der Waals surface area contributed by atoms with Crippen LogP contribution in [0.25, 0.3) is 10.6 Å². The van der Waals surface area contributed by atoms with Gasteiger partial charge in [0, 0.05) is 29.0 Å². The van der Waals surface area contributed by atoms with Crippen molar-refractivity contribution in [1.29, 1.82) is 0 Å². The largest absolute Gasteiger partial charge is 0.493 e. The molecule has 0 aliphatic carbocycles. The van der Waals surface area contributed by atoms with Gasteiger partial charge in [-0.15, -0.1) is 11.3 Å². The van der Waals surface area contributed by atoms with Crippen LogP contribution in [0.15, 0.2) is 52.3 Å². The van der Waals surface area contributed by atoms with Crippen LogP contribution in [0.4, 0.5) is 8.78 Å². The topological polar surface area (TPSA) is 51.7 Å². The number of carbonyl (C=O) groups excluding carboxylic acids is 1. The molecule has 0 fully saturated rings. The minimum atomic E-state index is -2.96. The van der Waals surface area contributed by atoms with Gasteiger partial charge in [-0.2, -0.15) is 8.78 Å². The number of carbonyl (C=O) groups is 1. The Morgan fingerprint density at radius 3 is 2.73 bits per heavy atom. The molecule has 0 aliphatic rings. The number of nitrogens with zero attached hydrogens (tertiary/aromatic N) is 2. The number of benzene rings is 2. The van der Waals surface area contributed by atoms with E-state index in [-0.39, 0.29) is 30.4 Å². The number of rotatable bonds is 8. The second kappa shape index (κ2) is 9.99. The third-order valence-electron chi connectivity index (χ3n) is 4.25. The molecule has 5 nitrogen and oxygen atoms in total. The van der Waals surface area contributed by atoms with E-state index in [1.807, 2.05) is 29.6 Å². The fourth-order valence-electron chi connectivity index (χ4n) is 2.80. The number of halogens is 3. The van der Waals surface area contributed by atoms with Gasteiger partial charge in [-0.05, 0) is 29.8 Å². The molecule has 0 radical (unpaired) electrons. The summed E-state index contributed by atoms with van der Waals surface area (Å²) >= 11 is 4.92. The van der Waals surface area contributed by atoms with Crippen molar-refractivity contribution in [2.24, 2.45) is 0 Å². The molecule has 0 unspecified atom stereocenters. The van der Waals surface area contributed by atoms with Gasteiger partial charge in [-0.1, -0.05) is 34.1 Å². The van der Waals surface area contributed by atoms with E-state index in [4.69, 9.17) is 4.74 Å². The zero-order valence-electron chi connectivity index (χ0n) is 16.3. The van der Waals surface area contributed by atoms with E-state index in [2.05, 4.69) is 25.7 Å². The highest BCUT2D eigenvalue weighted by atomic mass is 79.9. The van der Waals surface area contributed by atoms with E-state index < -0.39 is 6.61 Å². The molecule has 3 aromatic rings. The lowest BCUT2D eigenvalue weighted by atomic mass is 10.2. The average molecular weight is 497 g/mol. The number of alkyl halides is 2. The highest BCUT2D eigenvalue weighted by molar-refractivity contribution is 9.10. The molecule has 0 bridgehead atoms. The van der Waals surface area contributed by atoms with Crippen molar-refractivity contribution in [1.82, 2.24) is 9.88 Å². The Morgan fingerprint density at radius 1 is 1.23 bits per heavy atom. The smallest absolute Gasteiger partial charge is 0.387 e. The summed E-state index contributed by atoms with van der Waals surface area (Å²) in [6.45, 7) is -2.72. The molecule has 1 aromatic heterocycles. The normalized spacial score (nSPS) is 10.9. The van der Waals surface area contributed by atoms with Gasteiger partial charge in [-0.3, -0.25) is 4.79 Å². The predicted molar refractivity (Wildman–Crippen MR) is 115 cm³/mol. The van der Waals surface area contributed by atoms with Gasteiger partial charge >= 0.3 is 6.61 Å². The van der Waals surface area contributed by atoms with E-state index in [1.165, 1.54) is 35.5 Å². The molecule has 2 aromatic carbocycles. The first kappa shape index (κ1) is 22.2. The Morgan fingerprint density at radius 2 is 2.03 bits per heavy atom. The third-order valence-corrected chi connectivity index (χ3v) is 5.68. The quantitative estimate of drug-likeness (QED) is 0.419. The summed E-state index contributed by atoms with van der Waals surface area (Å²) in [5.74, 6) is 0.00725. The van der Waals surface area contributed by atoms with Gasteiger partial charge in [0.2, 0.25) is 5.91 Å². The SMILES string of the molecule is COc1ccc(CN(C)C(=O)Cc2csc(-c3cccc(Br)c3)n2)cc1OC(F)F. The van der Waals surface area contributed by atoms with Crippen molar-refractivity contribution in [2.75, 3.05) is 14.2 Å². The van der Waals surface area contributed by atoms with Gasteiger partial charge < -0.3 is 14.4 Å². The lowest BCUT2D eigenvalue weighted by Gasteiger charge is -2.18. The number of hydrogen-bond acceptors (Lipinski definition) is 5. The predicted octanol–water partition coefficient (Wildman–Crippen LogP) is 5.38. The molecule has 0 atom stereocenters. The van der Waals surface area contributed by atoms with Crippen LogP contribution in [-0.2, 0) is 17.8 Å². The van der Waals surface area contributed by atoms with Crippen molar-refractivity contribution >= 4 is 33.2 Å². The van der Waals surface area contributed by atoms with Gasteiger partial charge in [0.1, 0.15) is 5.01 Å². The van der Waals surface area contributed by atoms with Crippen LogP contribution in [0.5, 0.6) is 11.5 Å². The Labute approximate surface area is 185 Å². The van der Waals surface area contributed by atoms with Gasteiger partial charge in [-0.25, -0.2) is 4.98 Å². The van der Waals surface area contributed by atoms with E-state index in [0.29, 0.717) is 11.3 Å². The number of aromatic nitrogens is 1. The summed E-state index contributed by atoms with van der Waals surface area (Å²) in [6, 6.07) is 12.5. The molecule has 0 saturated carbocycles. The fourth-order valence-corrected chi connectivity index (χ4v) is 4.02. The number of amides is 1. The molecule has 3 rings (SSSR count). The van der Waals surface area contributed by atoms with E-state index in [9.17, 15) is 13.6 Å². The van der Waals surface area contributed by atoms with Gasteiger partial charge in [0.15, 0.2) is 11.5 Å². The Kier molecular flexibility index (Phi) is 7.38. The summed E-state index contributed by atoms with van der Waals surface area (Å²) in [6.07, 6.45) is 0.150. The Balaban J connectivity index is 1.65. The first-order valence-electron chi connectivity index (χ1n) is 8.91. The molecule has 1 heterocycles. The lowest BCUT2D eigenvalue weighted by Crippen LogP contribution is -2.27. The van der Waals surface area contributed by atoms with Crippen LogP contribution in [0.1, 0.15) is 11.3 Å². The van der Waals surface area contributed by atoms with Crippen LogP contribution < -0.4 is 9.47 Å². The first-order chi connectivity index (χ1) is 14.4. The Hall–Kier alpha value is -2.52. The molecule has 0 aliphatic heterocycles. The van der Waals surface area contributed by atoms with Crippen molar-refractivity contribution in [2.45, 2.75) is 19.6 Å². The molecular formula is C21H19BrF2N2O3S. The monoisotopic (exact) mass is 496 g/mol. The van der Waals surface area contributed by atoms with E-state index >= 15 is 0 Å². The molecule has 9 heteroatoms. The molecule has 0 N–H and O–H groups in total. The second-order valence-electron chi connectivity index (χ2n) is 6.44. The molecule has 0 saturated heterocycles. The van der Waals surface area contributed by atoms with Gasteiger partial charge in [0.25, 0.3) is 0 Å². The summed E-state index contributed by atoms with van der Waals surface area (Å²) < 4.78 is 35.7. The summed E-state index contributed by atoms with van der Waals surface area (Å²) in [7, 11) is 3.03. The maximum atomic E-state index is 12.6. The van der Waals surface area contributed by atoms with E-state index in [1.54, 1.807) is 13.1 Å². The van der Waals surface area contributed by atoms with Gasteiger partial charge in [0.05, 0.1) is 19.2 Å². The number of methoxy groups -OCH3 is 1. The maximum Gasteiger partial charge on any atom is 0.387 e.